The van der Waals surface area contributed by atoms with Gasteiger partial charge in [0.15, 0.2) is 0 Å². The molecule has 1 amide bonds. The lowest BCUT2D eigenvalue weighted by Gasteiger charge is -2.32. The summed E-state index contributed by atoms with van der Waals surface area (Å²) >= 11 is 0. The summed E-state index contributed by atoms with van der Waals surface area (Å²) in [5.74, 6) is -0.0879. The standard InChI is InChI=1S/C22H29N5O5S/c1-16(2)25-33(31,32)19-8-9-20(21(14-19)27(29)30)23-18-10-12-26(13-11-18)15-22(28)24-17-6-4-3-5-7-17/h3-9,14,16,18,23,25H,10-13,15H2,1-2H3,(H,24,28). The third-order valence-electron chi connectivity index (χ3n) is 5.24. The van der Waals surface area contributed by atoms with E-state index in [9.17, 15) is 23.3 Å². The van der Waals surface area contributed by atoms with Crippen molar-refractivity contribution < 1.29 is 18.1 Å². The first-order valence-electron chi connectivity index (χ1n) is 10.8. The predicted octanol–water partition coefficient (Wildman–Crippen LogP) is 2.80. The van der Waals surface area contributed by atoms with Crippen molar-refractivity contribution in [3.63, 3.8) is 0 Å². The van der Waals surface area contributed by atoms with Crippen LogP contribution in [0.15, 0.2) is 53.4 Å². The zero-order chi connectivity index (χ0) is 24.0. The molecule has 1 aliphatic rings. The molecule has 2 aromatic rings. The van der Waals surface area contributed by atoms with E-state index in [0.29, 0.717) is 25.9 Å². The second-order valence-corrected chi connectivity index (χ2v) is 10.0. The Balaban J connectivity index is 1.58. The van der Waals surface area contributed by atoms with E-state index in [-0.39, 0.29) is 40.8 Å². The average molecular weight is 476 g/mol. The summed E-state index contributed by atoms with van der Waals surface area (Å²) < 4.78 is 27.2. The minimum absolute atomic E-state index is 0.0200. The Bertz CT molecular complexity index is 1080. The van der Waals surface area contributed by atoms with E-state index in [1.54, 1.807) is 13.8 Å². The molecular formula is C22H29N5O5S. The topological polar surface area (TPSA) is 134 Å². The van der Waals surface area contributed by atoms with Crippen molar-refractivity contribution in [2.24, 2.45) is 0 Å². The second-order valence-electron chi connectivity index (χ2n) is 8.32. The van der Waals surface area contributed by atoms with E-state index in [2.05, 4.69) is 15.4 Å². The number of nitro groups is 1. The molecule has 2 aromatic carbocycles. The molecule has 0 aliphatic carbocycles. The van der Waals surface area contributed by atoms with Crippen LogP contribution < -0.4 is 15.4 Å². The molecule has 10 nitrogen and oxygen atoms in total. The van der Waals surface area contributed by atoms with Crippen LogP contribution >= 0.6 is 0 Å². The highest BCUT2D eigenvalue weighted by Crippen LogP contribution is 2.29. The van der Waals surface area contributed by atoms with E-state index >= 15 is 0 Å². The number of sulfonamides is 1. The molecule has 0 atom stereocenters. The number of rotatable bonds is 9. The van der Waals surface area contributed by atoms with Crippen molar-refractivity contribution in [1.82, 2.24) is 9.62 Å². The van der Waals surface area contributed by atoms with Crippen LogP contribution in [0.1, 0.15) is 26.7 Å². The maximum atomic E-state index is 12.4. The Morgan fingerprint density at radius 3 is 2.42 bits per heavy atom. The molecule has 11 heteroatoms. The molecule has 0 aromatic heterocycles. The zero-order valence-electron chi connectivity index (χ0n) is 18.7. The average Bonchev–Trinajstić information content (AvgIpc) is 2.75. The Hall–Kier alpha value is -3.02. The minimum Gasteiger partial charge on any atom is -0.377 e. The lowest BCUT2D eigenvalue weighted by Crippen LogP contribution is -2.42. The van der Waals surface area contributed by atoms with E-state index in [0.717, 1.165) is 11.8 Å². The minimum atomic E-state index is -3.83. The molecule has 0 saturated carbocycles. The predicted molar refractivity (Wildman–Crippen MR) is 127 cm³/mol. The fourth-order valence-corrected chi connectivity index (χ4v) is 4.98. The SMILES string of the molecule is CC(C)NS(=O)(=O)c1ccc(NC2CCN(CC(=O)Nc3ccccc3)CC2)c([N+](=O)[O-])c1. The van der Waals surface area contributed by atoms with E-state index in [1.807, 2.05) is 35.2 Å². The summed E-state index contributed by atoms with van der Waals surface area (Å²) in [6.07, 6.45) is 1.40. The number of anilines is 2. The van der Waals surface area contributed by atoms with Crippen LogP contribution in [0.5, 0.6) is 0 Å². The van der Waals surface area contributed by atoms with Crippen LogP contribution in [0, 0.1) is 10.1 Å². The van der Waals surface area contributed by atoms with Gasteiger partial charge in [-0.15, -0.1) is 0 Å². The fraction of sp³-hybridized carbons (Fsp3) is 0.409. The van der Waals surface area contributed by atoms with E-state index in [4.69, 9.17) is 0 Å². The van der Waals surface area contributed by atoms with Crippen molar-refractivity contribution in [2.45, 2.75) is 43.7 Å². The number of hydrogen-bond donors (Lipinski definition) is 3. The van der Waals surface area contributed by atoms with Gasteiger partial charge < -0.3 is 10.6 Å². The van der Waals surface area contributed by atoms with Gasteiger partial charge in [0.2, 0.25) is 15.9 Å². The molecular weight excluding hydrogens is 446 g/mol. The number of nitro benzene ring substituents is 1. The zero-order valence-corrected chi connectivity index (χ0v) is 19.5. The molecule has 3 rings (SSSR count). The highest BCUT2D eigenvalue weighted by atomic mass is 32.2. The van der Waals surface area contributed by atoms with Crippen molar-refractivity contribution in [1.29, 1.82) is 0 Å². The largest absolute Gasteiger partial charge is 0.377 e. The third kappa shape index (κ3) is 6.98. The smallest absolute Gasteiger partial charge is 0.293 e. The number of likely N-dealkylation sites (tertiary alicyclic amines) is 1. The molecule has 33 heavy (non-hydrogen) atoms. The molecule has 1 fully saturated rings. The van der Waals surface area contributed by atoms with Crippen LogP contribution in [-0.2, 0) is 14.8 Å². The van der Waals surface area contributed by atoms with E-state index < -0.39 is 14.9 Å². The van der Waals surface area contributed by atoms with Crippen molar-refractivity contribution in [3.8, 4) is 0 Å². The first-order chi connectivity index (χ1) is 15.6. The van der Waals surface area contributed by atoms with Gasteiger partial charge in [-0.25, -0.2) is 13.1 Å². The van der Waals surface area contributed by atoms with Gasteiger partial charge in [0.1, 0.15) is 5.69 Å². The number of nitrogens with one attached hydrogen (secondary N) is 3. The maximum Gasteiger partial charge on any atom is 0.293 e. The monoisotopic (exact) mass is 475 g/mol. The number of piperidine rings is 1. The quantitative estimate of drug-likeness (QED) is 0.375. The Kier molecular flexibility index (Phi) is 8.01. The normalized spacial score (nSPS) is 15.4. The molecule has 0 bridgehead atoms. The molecule has 1 aliphatic heterocycles. The fourth-order valence-electron chi connectivity index (χ4n) is 3.71. The van der Waals surface area contributed by atoms with Gasteiger partial charge in [-0.2, -0.15) is 0 Å². The highest BCUT2D eigenvalue weighted by molar-refractivity contribution is 7.89. The summed E-state index contributed by atoms with van der Waals surface area (Å²) in [5.41, 5.74) is 0.746. The van der Waals surface area contributed by atoms with Crippen LogP contribution in [0.4, 0.5) is 17.1 Å². The summed E-state index contributed by atoms with van der Waals surface area (Å²) in [6, 6.07) is 12.8. The Labute approximate surface area is 193 Å². The lowest BCUT2D eigenvalue weighted by molar-refractivity contribution is -0.384. The van der Waals surface area contributed by atoms with Gasteiger partial charge in [0, 0.05) is 36.9 Å². The molecule has 3 N–H and O–H groups in total. The van der Waals surface area contributed by atoms with Gasteiger partial charge >= 0.3 is 0 Å². The number of carbonyl (C=O) groups excluding carboxylic acids is 1. The summed E-state index contributed by atoms with van der Waals surface area (Å²) in [4.78, 5) is 25.2. The van der Waals surface area contributed by atoms with E-state index in [1.165, 1.54) is 12.1 Å². The number of para-hydroxylation sites is 1. The number of nitrogens with zero attached hydrogens (tertiary/aromatic N) is 2. The Morgan fingerprint density at radius 2 is 1.82 bits per heavy atom. The summed E-state index contributed by atoms with van der Waals surface area (Å²) in [6.45, 7) is 4.97. The van der Waals surface area contributed by atoms with Gasteiger partial charge in [0.25, 0.3) is 5.69 Å². The summed E-state index contributed by atoms with van der Waals surface area (Å²) in [7, 11) is -3.83. The van der Waals surface area contributed by atoms with Crippen LogP contribution in [-0.4, -0.2) is 55.9 Å². The third-order valence-corrected chi connectivity index (χ3v) is 6.90. The van der Waals surface area contributed by atoms with Crippen LogP contribution in [0.2, 0.25) is 0 Å². The molecule has 1 heterocycles. The number of benzene rings is 2. The van der Waals surface area contributed by atoms with Crippen LogP contribution in [0.25, 0.3) is 0 Å². The van der Waals surface area contributed by atoms with Crippen molar-refractivity contribution in [3.05, 3.63) is 58.6 Å². The van der Waals surface area contributed by atoms with Crippen molar-refractivity contribution in [2.75, 3.05) is 30.3 Å². The lowest BCUT2D eigenvalue weighted by atomic mass is 10.0. The number of amides is 1. The van der Waals surface area contributed by atoms with Crippen LogP contribution in [0.3, 0.4) is 0 Å². The second kappa shape index (κ2) is 10.7. The Morgan fingerprint density at radius 1 is 1.15 bits per heavy atom. The molecule has 0 spiro atoms. The number of hydrogen-bond acceptors (Lipinski definition) is 7. The maximum absolute atomic E-state index is 12.4. The van der Waals surface area contributed by atoms with Crippen molar-refractivity contribution >= 4 is 33.0 Å². The van der Waals surface area contributed by atoms with Gasteiger partial charge in [0.05, 0.1) is 16.4 Å². The van der Waals surface area contributed by atoms with Gasteiger partial charge in [-0.1, -0.05) is 18.2 Å². The van der Waals surface area contributed by atoms with Gasteiger partial charge in [-0.3, -0.25) is 19.8 Å². The summed E-state index contributed by atoms with van der Waals surface area (Å²) in [5, 5.41) is 17.6. The highest BCUT2D eigenvalue weighted by Gasteiger charge is 2.26. The molecule has 0 radical (unpaired) electrons. The molecule has 0 unspecified atom stereocenters. The molecule has 1 saturated heterocycles. The van der Waals surface area contributed by atoms with Gasteiger partial charge in [-0.05, 0) is 51.0 Å². The first kappa shape index (κ1) is 24.6. The molecule has 178 valence electrons. The number of carbonyl (C=O) groups is 1. The first-order valence-corrected chi connectivity index (χ1v) is 12.3.